The van der Waals surface area contributed by atoms with Crippen molar-refractivity contribution in [2.75, 3.05) is 12.4 Å². The number of hydrogen-bond donors (Lipinski definition) is 2. The van der Waals surface area contributed by atoms with E-state index in [1.807, 2.05) is 54.6 Å². The first-order chi connectivity index (χ1) is 13.1. The molecule has 3 aromatic rings. The van der Waals surface area contributed by atoms with E-state index in [1.165, 1.54) is 11.3 Å². The fraction of sp³-hybridized carbons (Fsp3) is 0.143. The van der Waals surface area contributed by atoms with Crippen LogP contribution in [-0.4, -0.2) is 24.1 Å². The van der Waals surface area contributed by atoms with E-state index in [4.69, 9.17) is 4.74 Å². The molecule has 4 rings (SSSR count). The number of carbonyl (C=O) groups is 2. The highest BCUT2D eigenvalue weighted by Gasteiger charge is 2.34. The zero-order valence-corrected chi connectivity index (χ0v) is 15.4. The van der Waals surface area contributed by atoms with Crippen molar-refractivity contribution in [1.82, 2.24) is 0 Å². The Balaban J connectivity index is 1.92. The molecule has 2 aromatic carbocycles. The van der Waals surface area contributed by atoms with Crippen molar-refractivity contribution in [3.63, 3.8) is 0 Å². The minimum atomic E-state index is -0.994. The lowest BCUT2D eigenvalue weighted by atomic mass is 9.88. The number of carboxylic acids is 1. The second kappa shape index (κ2) is 6.89. The Morgan fingerprint density at radius 3 is 2.67 bits per heavy atom. The summed E-state index contributed by atoms with van der Waals surface area (Å²) in [6, 6.07) is 16.9. The molecular weight excluding hydrogens is 362 g/mol. The summed E-state index contributed by atoms with van der Waals surface area (Å²) in [5.41, 5.74) is 2.89. The molecule has 6 heteroatoms. The van der Waals surface area contributed by atoms with Gasteiger partial charge >= 0.3 is 5.97 Å². The number of hydrogen-bond acceptors (Lipinski definition) is 4. The largest absolute Gasteiger partial charge is 0.497 e. The summed E-state index contributed by atoms with van der Waals surface area (Å²) in [5, 5.41) is 12.7. The van der Waals surface area contributed by atoms with E-state index in [1.54, 1.807) is 7.11 Å². The van der Waals surface area contributed by atoms with Crippen LogP contribution in [0.5, 0.6) is 5.75 Å². The predicted molar refractivity (Wildman–Crippen MR) is 105 cm³/mol. The van der Waals surface area contributed by atoms with Crippen molar-refractivity contribution in [2.24, 2.45) is 0 Å². The molecule has 0 spiro atoms. The quantitative estimate of drug-likeness (QED) is 0.695. The van der Waals surface area contributed by atoms with Crippen molar-refractivity contribution in [1.29, 1.82) is 0 Å². The molecule has 136 valence electrons. The monoisotopic (exact) mass is 379 g/mol. The molecule has 2 N–H and O–H groups in total. The Morgan fingerprint density at radius 2 is 1.96 bits per heavy atom. The van der Waals surface area contributed by atoms with Gasteiger partial charge in [-0.3, -0.25) is 4.79 Å². The van der Waals surface area contributed by atoms with Crippen molar-refractivity contribution in [3.05, 3.63) is 69.9 Å². The van der Waals surface area contributed by atoms with E-state index in [-0.39, 0.29) is 23.1 Å². The van der Waals surface area contributed by atoms with Crippen LogP contribution >= 0.6 is 11.3 Å². The van der Waals surface area contributed by atoms with E-state index in [9.17, 15) is 14.7 Å². The van der Waals surface area contributed by atoms with Crippen LogP contribution in [0.3, 0.4) is 0 Å². The molecule has 0 unspecified atom stereocenters. The Bertz CT molecular complexity index is 1030. The number of amides is 1. The van der Waals surface area contributed by atoms with Crippen LogP contribution in [-0.2, 0) is 4.79 Å². The third-order valence-electron chi connectivity index (χ3n) is 4.66. The van der Waals surface area contributed by atoms with Gasteiger partial charge in [-0.2, -0.15) is 0 Å². The molecule has 0 aliphatic carbocycles. The maximum absolute atomic E-state index is 12.4. The number of fused-ring (bicyclic) bond motifs is 1. The van der Waals surface area contributed by atoms with E-state index >= 15 is 0 Å². The van der Waals surface area contributed by atoms with Gasteiger partial charge in [0.25, 0.3) is 0 Å². The third-order valence-corrected chi connectivity index (χ3v) is 5.95. The van der Waals surface area contributed by atoms with Crippen LogP contribution < -0.4 is 10.1 Å². The van der Waals surface area contributed by atoms with Gasteiger partial charge in [-0.05, 0) is 23.3 Å². The van der Waals surface area contributed by atoms with Gasteiger partial charge in [-0.15, -0.1) is 11.3 Å². The first-order valence-electron chi connectivity index (χ1n) is 8.47. The van der Waals surface area contributed by atoms with Gasteiger partial charge in [0.15, 0.2) is 0 Å². The van der Waals surface area contributed by atoms with Crippen LogP contribution in [0.2, 0.25) is 0 Å². The van der Waals surface area contributed by atoms with Crippen LogP contribution in [0.15, 0.2) is 54.6 Å². The number of benzene rings is 2. The molecule has 0 radical (unpaired) electrons. The first kappa shape index (κ1) is 17.3. The van der Waals surface area contributed by atoms with E-state index < -0.39 is 5.97 Å². The molecule has 1 aromatic heterocycles. The summed E-state index contributed by atoms with van der Waals surface area (Å²) in [5.74, 6) is -0.614. The van der Waals surface area contributed by atoms with Crippen molar-refractivity contribution in [2.45, 2.75) is 12.3 Å². The van der Waals surface area contributed by atoms with Gasteiger partial charge in [0.2, 0.25) is 5.91 Å². The number of anilines is 1. The third kappa shape index (κ3) is 3.08. The molecule has 0 saturated heterocycles. The maximum atomic E-state index is 12.4. The fourth-order valence-electron chi connectivity index (χ4n) is 3.45. The predicted octanol–water partition coefficient (Wildman–Crippen LogP) is 4.60. The SMILES string of the molecule is COc1cccc([C@H]2CC(=O)Nc3c2sc(C(=O)O)c3-c2ccccc2)c1. The Kier molecular flexibility index (Phi) is 4.41. The van der Waals surface area contributed by atoms with Crippen molar-refractivity contribution in [3.8, 4) is 16.9 Å². The first-order valence-corrected chi connectivity index (χ1v) is 9.29. The Labute approximate surface area is 160 Å². The van der Waals surface area contributed by atoms with Crippen LogP contribution in [0.4, 0.5) is 5.69 Å². The Morgan fingerprint density at radius 1 is 1.19 bits per heavy atom. The molecule has 0 saturated carbocycles. The molecule has 0 bridgehead atoms. The molecule has 2 heterocycles. The number of nitrogens with one attached hydrogen (secondary N) is 1. The molecule has 0 fully saturated rings. The average Bonchev–Trinajstić information content (AvgIpc) is 3.07. The van der Waals surface area contributed by atoms with Gasteiger partial charge < -0.3 is 15.2 Å². The molecule has 27 heavy (non-hydrogen) atoms. The molecule has 5 nitrogen and oxygen atoms in total. The fourth-order valence-corrected chi connectivity index (χ4v) is 4.69. The number of rotatable bonds is 4. The lowest BCUT2D eigenvalue weighted by Gasteiger charge is -2.24. The molecule has 1 aliphatic rings. The summed E-state index contributed by atoms with van der Waals surface area (Å²) in [4.78, 5) is 25.5. The number of ether oxygens (including phenoxy) is 1. The average molecular weight is 379 g/mol. The number of thiophene rings is 1. The normalized spacial score (nSPS) is 15.7. The zero-order valence-electron chi connectivity index (χ0n) is 14.6. The van der Waals surface area contributed by atoms with E-state index in [0.29, 0.717) is 17.0 Å². The molecule has 1 atom stereocenters. The van der Waals surface area contributed by atoms with E-state index in [2.05, 4.69) is 5.32 Å². The highest BCUT2D eigenvalue weighted by Crippen LogP contribution is 2.49. The van der Waals surface area contributed by atoms with Crippen LogP contribution in [0, 0.1) is 0 Å². The highest BCUT2D eigenvalue weighted by molar-refractivity contribution is 7.15. The Hall–Kier alpha value is -3.12. The number of aromatic carboxylic acids is 1. The molecule has 1 amide bonds. The van der Waals surface area contributed by atoms with Crippen LogP contribution in [0.25, 0.3) is 11.1 Å². The topological polar surface area (TPSA) is 75.6 Å². The lowest BCUT2D eigenvalue weighted by Crippen LogP contribution is -2.22. The maximum Gasteiger partial charge on any atom is 0.346 e. The number of carboxylic acid groups (broad SMARTS) is 1. The summed E-state index contributed by atoms with van der Waals surface area (Å²) < 4.78 is 5.31. The lowest BCUT2D eigenvalue weighted by molar-refractivity contribution is -0.116. The number of carbonyl (C=O) groups excluding carboxylic acids is 1. The van der Waals surface area contributed by atoms with Crippen molar-refractivity contribution >= 4 is 28.9 Å². The van der Waals surface area contributed by atoms with Gasteiger partial charge in [0.1, 0.15) is 10.6 Å². The summed E-state index contributed by atoms with van der Waals surface area (Å²) in [6.45, 7) is 0. The van der Waals surface area contributed by atoms with Gasteiger partial charge in [-0.25, -0.2) is 4.79 Å². The second-order valence-electron chi connectivity index (χ2n) is 6.30. The number of methoxy groups -OCH3 is 1. The summed E-state index contributed by atoms with van der Waals surface area (Å²) in [6.07, 6.45) is 0.272. The van der Waals surface area contributed by atoms with Crippen LogP contribution in [0.1, 0.15) is 32.5 Å². The van der Waals surface area contributed by atoms with Crippen molar-refractivity contribution < 1.29 is 19.4 Å². The van der Waals surface area contributed by atoms with Gasteiger partial charge in [0, 0.05) is 22.8 Å². The van der Waals surface area contributed by atoms with Gasteiger partial charge in [-0.1, -0.05) is 42.5 Å². The second-order valence-corrected chi connectivity index (χ2v) is 7.35. The van der Waals surface area contributed by atoms with Gasteiger partial charge in [0.05, 0.1) is 12.8 Å². The summed E-state index contributed by atoms with van der Waals surface area (Å²) in [7, 11) is 1.60. The zero-order chi connectivity index (χ0) is 19.0. The summed E-state index contributed by atoms with van der Waals surface area (Å²) >= 11 is 1.23. The molecule has 1 aliphatic heterocycles. The minimum absolute atomic E-state index is 0.123. The smallest absolute Gasteiger partial charge is 0.346 e. The standard InChI is InChI=1S/C21H17NO4S/c1-26-14-9-5-8-13(10-14)15-11-16(23)22-18-17(12-6-3-2-4-7-12)20(21(24)25)27-19(15)18/h2-10,15H,11H2,1H3,(H,22,23)(H,24,25)/t15-/m1/s1. The highest BCUT2D eigenvalue weighted by atomic mass is 32.1. The van der Waals surface area contributed by atoms with E-state index in [0.717, 1.165) is 16.0 Å². The molecular formula is C21H17NO4S. The minimum Gasteiger partial charge on any atom is -0.497 e.